The maximum atomic E-state index is 12.8. The molecule has 7 nitrogen and oxygen atoms in total. The van der Waals surface area contributed by atoms with E-state index in [1.807, 2.05) is 47.4 Å². The Hall–Kier alpha value is -3.45. The molecule has 0 aliphatic carbocycles. The van der Waals surface area contributed by atoms with Gasteiger partial charge in [-0.3, -0.25) is 14.9 Å². The van der Waals surface area contributed by atoms with E-state index in [4.69, 9.17) is 0 Å². The molecule has 1 fully saturated rings. The van der Waals surface area contributed by atoms with Gasteiger partial charge in [0, 0.05) is 37.0 Å². The van der Waals surface area contributed by atoms with Crippen LogP contribution in [0.4, 0.5) is 17.1 Å². The largest absolute Gasteiger partial charge is 0.365 e. The van der Waals surface area contributed by atoms with Crippen LogP contribution < -0.4 is 10.2 Å². The number of benzene rings is 3. The zero-order valence-electron chi connectivity index (χ0n) is 16.9. The number of amides is 1. The number of hydrogen-bond acceptors (Lipinski definition) is 5. The lowest BCUT2D eigenvalue weighted by molar-refractivity contribution is -0.384. The number of likely N-dealkylation sites (N-methyl/N-ethyl adjacent to an activating group) is 1. The molecule has 7 heteroatoms. The summed E-state index contributed by atoms with van der Waals surface area (Å²) >= 11 is 0. The standard InChI is InChI=1S/C23H24N4O3/c1-25-11-4-12-26(14-13-25)21-10-8-19(16-22(21)27(29)30)23(28)24-20-9-7-17-5-2-3-6-18(17)15-20/h2-3,5-10,15-16H,4,11-14H2,1H3,(H,24,28). The van der Waals surface area contributed by atoms with Crippen molar-refractivity contribution >= 4 is 33.7 Å². The molecule has 3 aromatic carbocycles. The lowest BCUT2D eigenvalue weighted by atomic mass is 10.1. The van der Waals surface area contributed by atoms with Crippen molar-refractivity contribution in [3.05, 3.63) is 76.3 Å². The number of nitro groups is 1. The number of carbonyl (C=O) groups excluding carboxylic acids is 1. The van der Waals surface area contributed by atoms with E-state index >= 15 is 0 Å². The van der Waals surface area contributed by atoms with Crippen LogP contribution in [-0.2, 0) is 0 Å². The minimum Gasteiger partial charge on any atom is -0.365 e. The molecule has 0 saturated carbocycles. The van der Waals surface area contributed by atoms with Crippen molar-refractivity contribution in [1.82, 2.24) is 4.90 Å². The van der Waals surface area contributed by atoms with Crippen LogP contribution in [0.5, 0.6) is 0 Å². The first-order valence-corrected chi connectivity index (χ1v) is 10.0. The van der Waals surface area contributed by atoms with Gasteiger partial charge < -0.3 is 15.1 Å². The van der Waals surface area contributed by atoms with Crippen LogP contribution in [0, 0.1) is 10.1 Å². The van der Waals surface area contributed by atoms with Crippen molar-refractivity contribution in [2.75, 3.05) is 43.4 Å². The van der Waals surface area contributed by atoms with Gasteiger partial charge in [-0.2, -0.15) is 0 Å². The molecule has 1 N–H and O–H groups in total. The van der Waals surface area contributed by atoms with Gasteiger partial charge in [0.15, 0.2) is 0 Å². The van der Waals surface area contributed by atoms with Gasteiger partial charge in [0.2, 0.25) is 0 Å². The Morgan fingerprint density at radius 1 is 0.967 bits per heavy atom. The van der Waals surface area contributed by atoms with Gasteiger partial charge >= 0.3 is 0 Å². The Bertz CT molecular complexity index is 1100. The van der Waals surface area contributed by atoms with Crippen LogP contribution in [0.25, 0.3) is 10.8 Å². The highest BCUT2D eigenvalue weighted by Crippen LogP contribution is 2.30. The molecule has 0 bridgehead atoms. The van der Waals surface area contributed by atoms with Crippen LogP contribution in [-0.4, -0.2) is 49.0 Å². The molecule has 0 unspecified atom stereocenters. The second-order valence-corrected chi connectivity index (χ2v) is 7.62. The van der Waals surface area contributed by atoms with Crippen LogP contribution in [0.2, 0.25) is 0 Å². The highest BCUT2D eigenvalue weighted by molar-refractivity contribution is 6.06. The third-order valence-corrected chi connectivity index (χ3v) is 5.50. The normalized spacial score (nSPS) is 15.0. The van der Waals surface area contributed by atoms with Crippen molar-refractivity contribution < 1.29 is 9.72 Å². The van der Waals surface area contributed by atoms with Crippen molar-refractivity contribution in [3.8, 4) is 0 Å². The molecule has 0 spiro atoms. The number of fused-ring (bicyclic) bond motifs is 1. The Balaban J connectivity index is 1.58. The summed E-state index contributed by atoms with van der Waals surface area (Å²) in [6.07, 6.45) is 0.942. The summed E-state index contributed by atoms with van der Waals surface area (Å²) in [4.78, 5) is 28.3. The number of carbonyl (C=O) groups is 1. The first-order chi connectivity index (χ1) is 14.5. The van der Waals surface area contributed by atoms with Gasteiger partial charge in [0.25, 0.3) is 11.6 Å². The van der Waals surface area contributed by atoms with E-state index in [1.54, 1.807) is 12.1 Å². The average molecular weight is 404 g/mol. The molecule has 3 aromatic rings. The minimum atomic E-state index is -0.406. The summed E-state index contributed by atoms with van der Waals surface area (Å²) in [5.74, 6) is -0.365. The number of hydrogen-bond donors (Lipinski definition) is 1. The molecule has 1 aliphatic heterocycles. The fourth-order valence-electron chi connectivity index (χ4n) is 3.84. The molecule has 0 aromatic heterocycles. The SMILES string of the molecule is CN1CCCN(c2ccc(C(=O)Nc3ccc4ccccc4c3)cc2[N+](=O)[O-])CC1. The van der Waals surface area contributed by atoms with E-state index in [1.165, 1.54) is 6.07 Å². The van der Waals surface area contributed by atoms with E-state index in [0.29, 0.717) is 11.4 Å². The zero-order chi connectivity index (χ0) is 21.1. The Morgan fingerprint density at radius 2 is 1.77 bits per heavy atom. The third kappa shape index (κ3) is 4.26. The highest BCUT2D eigenvalue weighted by Gasteiger charge is 2.23. The minimum absolute atomic E-state index is 0.0364. The Kier molecular flexibility index (Phi) is 5.63. The fourth-order valence-corrected chi connectivity index (χ4v) is 3.84. The van der Waals surface area contributed by atoms with E-state index < -0.39 is 4.92 Å². The number of nitrogens with zero attached hydrogens (tertiary/aromatic N) is 3. The molecule has 0 atom stereocenters. The van der Waals surface area contributed by atoms with Crippen LogP contribution >= 0.6 is 0 Å². The summed E-state index contributed by atoms with van der Waals surface area (Å²) in [6, 6.07) is 18.3. The maximum Gasteiger partial charge on any atom is 0.293 e. The first kappa shape index (κ1) is 19.8. The lowest BCUT2D eigenvalue weighted by Crippen LogP contribution is -2.29. The van der Waals surface area contributed by atoms with E-state index in [2.05, 4.69) is 17.3 Å². The highest BCUT2D eigenvalue weighted by atomic mass is 16.6. The maximum absolute atomic E-state index is 12.8. The zero-order valence-corrected chi connectivity index (χ0v) is 16.9. The first-order valence-electron chi connectivity index (χ1n) is 10.0. The van der Waals surface area contributed by atoms with Crippen molar-refractivity contribution in [2.24, 2.45) is 0 Å². The molecule has 1 amide bonds. The fraction of sp³-hybridized carbons (Fsp3) is 0.261. The summed E-state index contributed by atoms with van der Waals surface area (Å²) in [5, 5.41) is 16.7. The lowest BCUT2D eigenvalue weighted by Gasteiger charge is -2.22. The number of rotatable bonds is 4. The summed E-state index contributed by atoms with van der Waals surface area (Å²) < 4.78 is 0. The van der Waals surface area contributed by atoms with Gasteiger partial charge in [0.05, 0.1) is 4.92 Å². The molecule has 30 heavy (non-hydrogen) atoms. The second-order valence-electron chi connectivity index (χ2n) is 7.62. The topological polar surface area (TPSA) is 78.7 Å². The Labute approximate surface area is 175 Å². The third-order valence-electron chi connectivity index (χ3n) is 5.50. The van der Waals surface area contributed by atoms with E-state index in [9.17, 15) is 14.9 Å². The molecule has 0 radical (unpaired) electrons. The van der Waals surface area contributed by atoms with Gasteiger partial charge in [-0.1, -0.05) is 30.3 Å². The van der Waals surface area contributed by atoms with Crippen molar-refractivity contribution in [1.29, 1.82) is 0 Å². The summed E-state index contributed by atoms with van der Waals surface area (Å²) in [5.41, 5.74) is 1.45. The molecule has 1 heterocycles. The van der Waals surface area contributed by atoms with E-state index in [0.717, 1.165) is 43.4 Å². The summed E-state index contributed by atoms with van der Waals surface area (Å²) in [6.45, 7) is 3.30. The molecule has 154 valence electrons. The van der Waals surface area contributed by atoms with Crippen LogP contribution in [0.15, 0.2) is 60.7 Å². The number of nitro benzene ring substituents is 1. The number of anilines is 2. The van der Waals surface area contributed by atoms with Crippen molar-refractivity contribution in [3.63, 3.8) is 0 Å². The monoisotopic (exact) mass is 404 g/mol. The van der Waals surface area contributed by atoms with Gasteiger partial charge in [-0.25, -0.2) is 0 Å². The summed E-state index contributed by atoms with van der Waals surface area (Å²) in [7, 11) is 2.05. The van der Waals surface area contributed by atoms with Gasteiger partial charge in [-0.15, -0.1) is 0 Å². The van der Waals surface area contributed by atoms with Gasteiger partial charge in [0.1, 0.15) is 5.69 Å². The molecule has 1 saturated heterocycles. The van der Waals surface area contributed by atoms with Gasteiger partial charge in [-0.05, 0) is 55.1 Å². The quantitative estimate of drug-likeness (QED) is 0.522. The average Bonchev–Trinajstić information content (AvgIpc) is 2.97. The van der Waals surface area contributed by atoms with E-state index in [-0.39, 0.29) is 17.2 Å². The predicted octanol–water partition coefficient (Wildman–Crippen LogP) is 4.14. The smallest absolute Gasteiger partial charge is 0.293 e. The molecular weight excluding hydrogens is 380 g/mol. The van der Waals surface area contributed by atoms with Crippen molar-refractivity contribution in [2.45, 2.75) is 6.42 Å². The number of nitrogens with one attached hydrogen (secondary N) is 1. The van der Waals surface area contributed by atoms with Crippen LogP contribution in [0.1, 0.15) is 16.8 Å². The molecular formula is C23H24N4O3. The Morgan fingerprint density at radius 3 is 2.57 bits per heavy atom. The molecule has 4 rings (SSSR count). The van der Waals surface area contributed by atoms with Crippen LogP contribution in [0.3, 0.4) is 0 Å². The second kappa shape index (κ2) is 8.51. The molecule has 1 aliphatic rings. The predicted molar refractivity (Wildman–Crippen MR) is 119 cm³/mol.